The number of carbonyl (C=O) groups is 1. The zero-order valence-corrected chi connectivity index (χ0v) is 12.0. The number of rotatable bonds is 2. The molecule has 1 amide bonds. The molecule has 1 saturated heterocycles. The van der Waals surface area contributed by atoms with E-state index in [-0.39, 0.29) is 6.10 Å². The fourth-order valence-electron chi connectivity index (χ4n) is 2.43. The van der Waals surface area contributed by atoms with Crippen molar-refractivity contribution in [1.29, 1.82) is 0 Å². The SMILES string of the molecule is O=C(O)N1CCC(Oc2ccc3ncnc(Cl)c3c2)CC1. The summed E-state index contributed by atoms with van der Waals surface area (Å²) in [5, 5.41) is 10.1. The molecule has 1 aliphatic heterocycles. The molecule has 0 spiro atoms. The summed E-state index contributed by atoms with van der Waals surface area (Å²) >= 11 is 6.05. The minimum atomic E-state index is -0.872. The standard InChI is InChI=1S/C14H14ClN3O3/c15-13-11-7-10(1-2-12(11)16-8-17-13)21-9-3-5-18(6-4-9)14(19)20/h1-2,7-9H,3-6H2,(H,19,20). The van der Waals surface area contributed by atoms with Gasteiger partial charge in [-0.3, -0.25) is 0 Å². The number of aromatic nitrogens is 2. The van der Waals surface area contributed by atoms with Gasteiger partial charge in [0.2, 0.25) is 0 Å². The quantitative estimate of drug-likeness (QED) is 0.863. The molecule has 0 bridgehead atoms. The highest BCUT2D eigenvalue weighted by atomic mass is 35.5. The number of hydrogen-bond acceptors (Lipinski definition) is 4. The number of hydrogen-bond donors (Lipinski definition) is 1. The molecule has 0 saturated carbocycles. The van der Waals surface area contributed by atoms with Crippen molar-refractivity contribution in [2.45, 2.75) is 18.9 Å². The molecule has 0 aliphatic carbocycles. The van der Waals surface area contributed by atoms with Crippen LogP contribution in [0.3, 0.4) is 0 Å². The van der Waals surface area contributed by atoms with Crippen molar-refractivity contribution in [3.63, 3.8) is 0 Å². The average molecular weight is 308 g/mol. The molecule has 1 aromatic carbocycles. The van der Waals surface area contributed by atoms with Crippen LogP contribution >= 0.6 is 11.6 Å². The Morgan fingerprint density at radius 1 is 1.33 bits per heavy atom. The van der Waals surface area contributed by atoms with E-state index in [1.54, 1.807) is 0 Å². The second kappa shape index (κ2) is 5.73. The van der Waals surface area contributed by atoms with Crippen molar-refractivity contribution in [3.05, 3.63) is 29.7 Å². The van der Waals surface area contributed by atoms with Gasteiger partial charge < -0.3 is 14.7 Å². The summed E-state index contributed by atoms with van der Waals surface area (Å²) in [5.74, 6) is 0.702. The van der Waals surface area contributed by atoms with Crippen molar-refractivity contribution < 1.29 is 14.6 Å². The first-order chi connectivity index (χ1) is 10.1. The van der Waals surface area contributed by atoms with Gasteiger partial charge in [-0.15, -0.1) is 0 Å². The van der Waals surface area contributed by atoms with E-state index in [1.165, 1.54) is 11.2 Å². The number of halogens is 1. The van der Waals surface area contributed by atoms with E-state index in [1.807, 2.05) is 18.2 Å². The second-order valence-corrected chi connectivity index (χ2v) is 5.29. The molecule has 1 aromatic heterocycles. The molecule has 0 radical (unpaired) electrons. The van der Waals surface area contributed by atoms with Crippen molar-refractivity contribution in [1.82, 2.24) is 14.9 Å². The van der Waals surface area contributed by atoms with Crippen LogP contribution < -0.4 is 4.74 Å². The summed E-state index contributed by atoms with van der Waals surface area (Å²) in [4.78, 5) is 20.4. The molecule has 7 heteroatoms. The minimum absolute atomic E-state index is 0.0152. The number of fused-ring (bicyclic) bond motifs is 1. The highest BCUT2D eigenvalue weighted by Gasteiger charge is 2.23. The number of carboxylic acid groups (broad SMARTS) is 1. The Labute approximate surface area is 126 Å². The van der Waals surface area contributed by atoms with E-state index in [0.29, 0.717) is 36.8 Å². The Balaban J connectivity index is 1.71. The van der Waals surface area contributed by atoms with Crippen LogP contribution in [0.1, 0.15) is 12.8 Å². The van der Waals surface area contributed by atoms with Gasteiger partial charge in [-0.25, -0.2) is 14.8 Å². The summed E-state index contributed by atoms with van der Waals surface area (Å²) in [6.07, 6.45) is 1.93. The monoisotopic (exact) mass is 307 g/mol. The van der Waals surface area contributed by atoms with Crippen LogP contribution in [0.2, 0.25) is 5.15 Å². The Kier molecular flexibility index (Phi) is 3.79. The molecule has 3 rings (SSSR count). The molecular formula is C14H14ClN3O3. The molecule has 1 aliphatic rings. The van der Waals surface area contributed by atoms with E-state index in [0.717, 1.165) is 10.9 Å². The maximum Gasteiger partial charge on any atom is 0.407 e. The molecule has 1 fully saturated rings. The fourth-order valence-corrected chi connectivity index (χ4v) is 2.63. The van der Waals surface area contributed by atoms with Gasteiger partial charge in [-0.2, -0.15) is 0 Å². The van der Waals surface area contributed by atoms with Crippen molar-refractivity contribution in [2.75, 3.05) is 13.1 Å². The molecule has 21 heavy (non-hydrogen) atoms. The molecule has 0 unspecified atom stereocenters. The first-order valence-corrected chi connectivity index (χ1v) is 7.06. The minimum Gasteiger partial charge on any atom is -0.490 e. The van der Waals surface area contributed by atoms with Gasteiger partial charge in [-0.1, -0.05) is 11.6 Å². The van der Waals surface area contributed by atoms with Gasteiger partial charge >= 0.3 is 6.09 Å². The Hall–Kier alpha value is -2.08. The summed E-state index contributed by atoms with van der Waals surface area (Å²) in [6.45, 7) is 0.995. The summed E-state index contributed by atoms with van der Waals surface area (Å²) in [6, 6.07) is 5.50. The number of benzene rings is 1. The van der Waals surface area contributed by atoms with Crippen LogP contribution in [-0.2, 0) is 0 Å². The lowest BCUT2D eigenvalue weighted by Crippen LogP contribution is -2.41. The van der Waals surface area contributed by atoms with E-state index < -0.39 is 6.09 Å². The number of amides is 1. The van der Waals surface area contributed by atoms with Gasteiger partial charge in [0.15, 0.2) is 0 Å². The van der Waals surface area contributed by atoms with Crippen LogP contribution in [0.5, 0.6) is 5.75 Å². The van der Waals surface area contributed by atoms with Gasteiger partial charge in [0, 0.05) is 31.3 Å². The third-order valence-corrected chi connectivity index (χ3v) is 3.87. The molecular weight excluding hydrogens is 294 g/mol. The lowest BCUT2D eigenvalue weighted by Gasteiger charge is -2.30. The second-order valence-electron chi connectivity index (χ2n) is 4.93. The lowest BCUT2D eigenvalue weighted by atomic mass is 10.1. The third kappa shape index (κ3) is 3.00. The highest BCUT2D eigenvalue weighted by molar-refractivity contribution is 6.34. The molecule has 0 atom stereocenters. The predicted octanol–water partition coefficient (Wildman–Crippen LogP) is 2.80. The largest absolute Gasteiger partial charge is 0.490 e. The van der Waals surface area contributed by atoms with Crippen LogP contribution in [-0.4, -0.2) is 45.3 Å². The van der Waals surface area contributed by atoms with Crippen molar-refractivity contribution >= 4 is 28.6 Å². The molecule has 110 valence electrons. The van der Waals surface area contributed by atoms with E-state index in [9.17, 15) is 4.79 Å². The van der Waals surface area contributed by atoms with E-state index in [2.05, 4.69) is 9.97 Å². The van der Waals surface area contributed by atoms with Crippen LogP contribution in [0, 0.1) is 0 Å². The number of piperidine rings is 1. The highest BCUT2D eigenvalue weighted by Crippen LogP contribution is 2.26. The Morgan fingerprint density at radius 3 is 2.81 bits per heavy atom. The smallest absolute Gasteiger partial charge is 0.407 e. The zero-order valence-electron chi connectivity index (χ0n) is 11.2. The Morgan fingerprint density at radius 2 is 2.10 bits per heavy atom. The number of ether oxygens (including phenoxy) is 1. The maximum atomic E-state index is 10.9. The third-order valence-electron chi connectivity index (χ3n) is 3.57. The molecule has 2 aromatic rings. The van der Waals surface area contributed by atoms with Gasteiger partial charge in [0.1, 0.15) is 23.3 Å². The van der Waals surface area contributed by atoms with Crippen molar-refractivity contribution in [3.8, 4) is 5.75 Å². The molecule has 6 nitrogen and oxygen atoms in total. The van der Waals surface area contributed by atoms with Gasteiger partial charge in [0.05, 0.1) is 5.52 Å². The number of nitrogens with zero attached hydrogens (tertiary/aromatic N) is 3. The summed E-state index contributed by atoms with van der Waals surface area (Å²) < 4.78 is 5.91. The summed E-state index contributed by atoms with van der Waals surface area (Å²) in [5.41, 5.74) is 0.767. The average Bonchev–Trinajstić information content (AvgIpc) is 2.49. The number of likely N-dealkylation sites (tertiary alicyclic amines) is 1. The predicted molar refractivity (Wildman–Crippen MR) is 77.8 cm³/mol. The van der Waals surface area contributed by atoms with E-state index >= 15 is 0 Å². The van der Waals surface area contributed by atoms with Crippen molar-refractivity contribution in [2.24, 2.45) is 0 Å². The van der Waals surface area contributed by atoms with E-state index in [4.69, 9.17) is 21.4 Å². The first-order valence-electron chi connectivity index (χ1n) is 6.68. The van der Waals surface area contributed by atoms with Crippen LogP contribution in [0.25, 0.3) is 10.9 Å². The lowest BCUT2D eigenvalue weighted by molar-refractivity contribution is 0.0895. The Bertz CT molecular complexity index is 672. The molecule has 1 N–H and O–H groups in total. The maximum absolute atomic E-state index is 10.9. The zero-order chi connectivity index (χ0) is 14.8. The van der Waals surface area contributed by atoms with Gasteiger partial charge in [0.25, 0.3) is 0 Å². The summed E-state index contributed by atoms with van der Waals surface area (Å²) in [7, 11) is 0. The first kappa shape index (κ1) is 13.9. The fraction of sp³-hybridized carbons (Fsp3) is 0.357. The van der Waals surface area contributed by atoms with Crippen LogP contribution in [0.15, 0.2) is 24.5 Å². The topological polar surface area (TPSA) is 75.5 Å². The normalized spacial score (nSPS) is 16.1. The van der Waals surface area contributed by atoms with Crippen LogP contribution in [0.4, 0.5) is 4.79 Å². The molecule has 2 heterocycles. The van der Waals surface area contributed by atoms with Gasteiger partial charge in [-0.05, 0) is 18.2 Å².